The summed E-state index contributed by atoms with van der Waals surface area (Å²) in [6.07, 6.45) is 0. The molecule has 0 atom stereocenters. The van der Waals surface area contributed by atoms with E-state index in [0.29, 0.717) is 0 Å². The Hall–Kier alpha value is 1.10. The molecule has 0 aromatic rings. The van der Waals surface area contributed by atoms with Gasteiger partial charge in [0, 0.05) is 0 Å². The summed E-state index contributed by atoms with van der Waals surface area (Å²) in [5.74, 6) is 0. The topological polar surface area (TPSA) is 0 Å². The van der Waals surface area contributed by atoms with E-state index in [0.717, 1.165) is 0 Å². The Morgan fingerprint density at radius 3 is 0.500 bits per heavy atom. The van der Waals surface area contributed by atoms with Gasteiger partial charge in [-0.25, -0.2) is 0 Å². The Bertz CT molecular complexity index is 7.51. The van der Waals surface area contributed by atoms with Crippen molar-refractivity contribution < 1.29 is 41.2 Å². The van der Waals surface area contributed by atoms with E-state index >= 15 is 0 Å². The average Bonchev–Trinajstić information content (AvgIpc) is 0. The first kappa shape index (κ1) is 219. The molecule has 0 heterocycles. The van der Waals surface area contributed by atoms with Gasteiger partial charge in [0.05, 0.1) is 0 Å². The van der Waals surface area contributed by atoms with Gasteiger partial charge in [0.2, 0.25) is 0 Å². The SMILES string of the molecule is [Ag+].[F-].[F-].[F-].[F-].[Ga+3]. The molecule has 0 nitrogen and oxygen atoms in total. The van der Waals surface area contributed by atoms with Crippen molar-refractivity contribution in [2.75, 3.05) is 0 Å². The Morgan fingerprint density at radius 1 is 0.500 bits per heavy atom. The van der Waals surface area contributed by atoms with Crippen LogP contribution in [0.2, 0.25) is 0 Å². The third-order valence-electron chi connectivity index (χ3n) is 0. The van der Waals surface area contributed by atoms with Crippen LogP contribution in [0.3, 0.4) is 0 Å². The molecule has 0 bridgehead atoms. The van der Waals surface area contributed by atoms with Gasteiger partial charge in [0.1, 0.15) is 0 Å². The van der Waals surface area contributed by atoms with Gasteiger partial charge < -0.3 is 18.8 Å². The van der Waals surface area contributed by atoms with Crippen molar-refractivity contribution in [3.05, 3.63) is 0 Å². The van der Waals surface area contributed by atoms with Crippen molar-refractivity contribution >= 4 is 19.8 Å². The maximum absolute atomic E-state index is 0. The summed E-state index contributed by atoms with van der Waals surface area (Å²) in [7, 11) is 0. The van der Waals surface area contributed by atoms with Gasteiger partial charge in [-0.1, -0.05) is 0 Å². The van der Waals surface area contributed by atoms with Gasteiger partial charge in [-0.2, -0.15) is 0 Å². The molecule has 0 aliphatic carbocycles. The van der Waals surface area contributed by atoms with E-state index in [-0.39, 0.29) is 61.0 Å². The summed E-state index contributed by atoms with van der Waals surface area (Å²) in [6.45, 7) is 0. The normalized spacial score (nSPS) is 0. The molecule has 0 spiro atoms. The molecule has 0 aromatic heterocycles. The minimum atomic E-state index is 0. The predicted molar refractivity (Wildman–Crippen MR) is 5.75 cm³/mol. The Kier molecular flexibility index (Phi) is 4810. The molecular weight excluding hydrogens is 254 g/mol. The first-order valence-electron chi connectivity index (χ1n) is 0. The quantitative estimate of drug-likeness (QED) is 0.297. The van der Waals surface area contributed by atoms with Crippen molar-refractivity contribution in [3.63, 3.8) is 0 Å². The van der Waals surface area contributed by atoms with Crippen molar-refractivity contribution in [1.29, 1.82) is 0 Å². The molecule has 0 rings (SSSR count). The molecule has 0 aliphatic rings. The van der Waals surface area contributed by atoms with Gasteiger partial charge >= 0.3 is 42.2 Å². The Labute approximate surface area is 61.1 Å². The van der Waals surface area contributed by atoms with E-state index in [1.54, 1.807) is 0 Å². The number of hydrogen-bond donors (Lipinski definition) is 0. The van der Waals surface area contributed by atoms with Gasteiger partial charge in [-0.15, -0.1) is 0 Å². The Balaban J connectivity index is 0. The van der Waals surface area contributed by atoms with Crippen molar-refractivity contribution in [1.82, 2.24) is 0 Å². The molecule has 0 fully saturated rings. The monoisotopic (exact) mass is 252 g/mol. The van der Waals surface area contributed by atoms with Crippen LogP contribution in [0, 0.1) is 0 Å². The van der Waals surface area contributed by atoms with E-state index in [4.69, 9.17) is 0 Å². The summed E-state index contributed by atoms with van der Waals surface area (Å²) in [5.41, 5.74) is 0. The van der Waals surface area contributed by atoms with Crippen molar-refractivity contribution in [2.24, 2.45) is 0 Å². The largest absolute Gasteiger partial charge is 3.00 e. The van der Waals surface area contributed by atoms with E-state index in [2.05, 4.69) is 0 Å². The number of halogens is 4. The van der Waals surface area contributed by atoms with Crippen molar-refractivity contribution in [2.45, 2.75) is 0 Å². The first-order chi connectivity index (χ1) is 0. The molecule has 6 heavy (non-hydrogen) atoms. The second kappa shape index (κ2) is 132. The van der Waals surface area contributed by atoms with E-state index in [9.17, 15) is 0 Å². The number of rotatable bonds is 0. The molecule has 6 heteroatoms. The summed E-state index contributed by atoms with van der Waals surface area (Å²) in [6, 6.07) is 0. The number of hydrogen-bond acceptors (Lipinski definition) is 0. The van der Waals surface area contributed by atoms with Crippen LogP contribution < -0.4 is 18.8 Å². The van der Waals surface area contributed by atoms with Crippen LogP contribution in [0.15, 0.2) is 0 Å². The van der Waals surface area contributed by atoms with Gasteiger partial charge in [0.15, 0.2) is 0 Å². The second-order valence-electron chi connectivity index (χ2n) is 0. The van der Waals surface area contributed by atoms with Crippen molar-refractivity contribution in [3.8, 4) is 0 Å². The fourth-order valence-corrected chi connectivity index (χ4v) is 0. The average molecular weight is 254 g/mol. The third kappa shape index (κ3) is 71.1. The van der Waals surface area contributed by atoms with Crippen LogP contribution in [0.5, 0.6) is 0 Å². The van der Waals surface area contributed by atoms with Crippen LogP contribution in [0.4, 0.5) is 0 Å². The zero-order valence-corrected chi connectivity index (χ0v) is 6.30. The zero-order valence-electron chi connectivity index (χ0n) is 2.39. The summed E-state index contributed by atoms with van der Waals surface area (Å²) < 4.78 is 0. The zero-order chi connectivity index (χ0) is 0. The van der Waals surface area contributed by atoms with Crippen LogP contribution in [-0.2, 0) is 22.4 Å². The van der Waals surface area contributed by atoms with E-state index in [1.165, 1.54) is 0 Å². The van der Waals surface area contributed by atoms with Gasteiger partial charge in [-0.3, -0.25) is 0 Å². The fraction of sp³-hybridized carbons (Fsp3) is 0. The first-order valence-corrected chi connectivity index (χ1v) is 0. The van der Waals surface area contributed by atoms with Crippen LogP contribution in [0.1, 0.15) is 0 Å². The Morgan fingerprint density at radius 2 is 0.500 bits per heavy atom. The van der Waals surface area contributed by atoms with Gasteiger partial charge in [-0.05, 0) is 0 Å². The molecular formula is AgF4Ga. The van der Waals surface area contributed by atoms with Gasteiger partial charge in [0.25, 0.3) is 0 Å². The fourth-order valence-electron chi connectivity index (χ4n) is 0. The summed E-state index contributed by atoms with van der Waals surface area (Å²) >= 11 is 0. The smallest absolute Gasteiger partial charge is 1.00 e. The summed E-state index contributed by atoms with van der Waals surface area (Å²) in [5, 5.41) is 0. The molecule has 0 unspecified atom stereocenters. The summed E-state index contributed by atoms with van der Waals surface area (Å²) in [4.78, 5) is 0. The van der Waals surface area contributed by atoms with E-state index in [1.807, 2.05) is 0 Å². The minimum Gasteiger partial charge on any atom is -1.00 e. The third-order valence-corrected chi connectivity index (χ3v) is 0. The van der Waals surface area contributed by atoms with Crippen LogP contribution >= 0.6 is 0 Å². The molecule has 0 radical (unpaired) electrons. The van der Waals surface area contributed by atoms with E-state index < -0.39 is 0 Å². The molecule has 42 valence electrons. The molecule has 0 saturated heterocycles. The van der Waals surface area contributed by atoms with Crippen LogP contribution in [-0.4, -0.2) is 19.8 Å². The standard InChI is InChI=1S/Ag.4FH.Ga/h;4*1H;/q+1;;;;;+3/p-4. The molecule has 0 saturated carbocycles. The molecule has 0 aromatic carbocycles. The molecule has 0 amide bonds. The molecule has 0 aliphatic heterocycles. The second-order valence-corrected chi connectivity index (χ2v) is 0. The molecule has 0 N–H and O–H groups in total. The maximum Gasteiger partial charge on any atom is 3.00 e. The minimum absolute atomic E-state index is 0. The predicted octanol–water partition coefficient (Wildman–Crippen LogP) is -12.4. The van der Waals surface area contributed by atoms with Crippen LogP contribution in [0.25, 0.3) is 0 Å². The maximum atomic E-state index is 0.